The molecule has 1 amide bonds. The lowest BCUT2D eigenvalue weighted by molar-refractivity contribution is -0.145. The number of anilines is 1. The smallest absolute Gasteiger partial charge is 0.344 e. The molecule has 6 heteroatoms. The Hall–Kier alpha value is -2.40. The summed E-state index contributed by atoms with van der Waals surface area (Å²) in [5.41, 5.74) is 0.456. The quantitative estimate of drug-likeness (QED) is 0.520. The van der Waals surface area contributed by atoms with Crippen molar-refractivity contribution in [3.63, 3.8) is 0 Å². The average Bonchev–Trinajstić information content (AvgIpc) is 2.68. The normalized spacial score (nSPS) is 16.6. The Labute approximate surface area is 138 Å². The van der Waals surface area contributed by atoms with Gasteiger partial charge in [-0.3, -0.25) is 4.79 Å². The molecule has 1 N–H and O–H groups in total. The molecule has 0 bridgehead atoms. The molecule has 0 radical (unpaired) electrons. The van der Waals surface area contributed by atoms with Gasteiger partial charge in [-0.1, -0.05) is 23.7 Å². The van der Waals surface area contributed by atoms with Crippen molar-refractivity contribution in [2.24, 2.45) is 0 Å². The molecule has 2 heterocycles. The number of cyclic esters (lactones) is 1. The molecule has 0 spiro atoms. The second-order valence-corrected chi connectivity index (χ2v) is 6.21. The van der Waals surface area contributed by atoms with Crippen LogP contribution in [0.2, 0.25) is 5.15 Å². The molecule has 0 fully saturated rings. The van der Waals surface area contributed by atoms with Gasteiger partial charge in [0.2, 0.25) is 0 Å². The van der Waals surface area contributed by atoms with E-state index < -0.39 is 17.5 Å². The predicted octanol–water partition coefficient (Wildman–Crippen LogP) is 3.48. The van der Waals surface area contributed by atoms with Crippen LogP contribution in [-0.2, 0) is 14.3 Å². The van der Waals surface area contributed by atoms with Gasteiger partial charge in [0.05, 0.1) is 0 Å². The minimum absolute atomic E-state index is 0.0483. The van der Waals surface area contributed by atoms with Gasteiger partial charge in [0, 0.05) is 22.7 Å². The van der Waals surface area contributed by atoms with Gasteiger partial charge in [0.1, 0.15) is 16.3 Å². The van der Waals surface area contributed by atoms with E-state index in [1.165, 1.54) is 0 Å². The van der Waals surface area contributed by atoms with Crippen molar-refractivity contribution in [2.45, 2.75) is 26.4 Å². The number of ether oxygens (including phenoxy) is 1. The number of nitrogens with one attached hydrogen (secondary N) is 1. The predicted molar refractivity (Wildman–Crippen MR) is 88.3 cm³/mol. The highest BCUT2D eigenvalue weighted by atomic mass is 35.5. The van der Waals surface area contributed by atoms with Crippen LogP contribution in [0.4, 0.5) is 5.69 Å². The number of halogens is 1. The lowest BCUT2D eigenvalue weighted by atomic mass is 9.97. The topological polar surface area (TPSA) is 68.3 Å². The summed E-state index contributed by atoms with van der Waals surface area (Å²) in [6.45, 7) is 5.23. The van der Waals surface area contributed by atoms with E-state index in [-0.39, 0.29) is 5.57 Å². The zero-order chi connectivity index (χ0) is 16.8. The first-order valence-corrected chi connectivity index (χ1v) is 7.48. The maximum atomic E-state index is 12.5. The van der Waals surface area contributed by atoms with Crippen molar-refractivity contribution >= 4 is 39.9 Å². The van der Waals surface area contributed by atoms with Gasteiger partial charge >= 0.3 is 5.97 Å². The van der Waals surface area contributed by atoms with Crippen molar-refractivity contribution in [3.8, 4) is 0 Å². The Bertz CT molecular complexity index is 871. The zero-order valence-corrected chi connectivity index (χ0v) is 13.7. The minimum Gasteiger partial charge on any atom is -0.451 e. The van der Waals surface area contributed by atoms with Crippen molar-refractivity contribution in [1.29, 1.82) is 0 Å². The van der Waals surface area contributed by atoms with Crippen LogP contribution >= 0.6 is 11.6 Å². The molecular weight excluding hydrogens is 316 g/mol. The highest BCUT2D eigenvalue weighted by Crippen LogP contribution is 2.33. The Morgan fingerprint density at radius 3 is 2.65 bits per heavy atom. The highest BCUT2D eigenvalue weighted by Gasteiger charge is 2.40. The summed E-state index contributed by atoms with van der Waals surface area (Å²) in [7, 11) is 0. The third kappa shape index (κ3) is 2.57. The Morgan fingerprint density at radius 1 is 1.26 bits per heavy atom. The van der Waals surface area contributed by atoms with Crippen LogP contribution in [0.15, 0.2) is 41.6 Å². The molecule has 23 heavy (non-hydrogen) atoms. The van der Waals surface area contributed by atoms with Gasteiger partial charge in [-0.2, -0.15) is 0 Å². The van der Waals surface area contributed by atoms with Gasteiger partial charge in [0.25, 0.3) is 5.91 Å². The van der Waals surface area contributed by atoms with E-state index in [0.29, 0.717) is 16.4 Å². The molecule has 0 saturated heterocycles. The number of hydrogen-bond donors (Lipinski definition) is 1. The monoisotopic (exact) mass is 330 g/mol. The van der Waals surface area contributed by atoms with Crippen LogP contribution in [0.25, 0.3) is 10.8 Å². The number of nitrogens with zero attached hydrogens (tertiary/aromatic N) is 1. The van der Waals surface area contributed by atoms with Crippen LogP contribution in [-0.4, -0.2) is 22.5 Å². The van der Waals surface area contributed by atoms with E-state index in [2.05, 4.69) is 10.3 Å². The highest BCUT2D eigenvalue weighted by molar-refractivity contribution is 6.35. The fourth-order valence-corrected chi connectivity index (χ4v) is 2.76. The average molecular weight is 331 g/mol. The lowest BCUT2D eigenvalue weighted by Gasteiger charge is -2.17. The molecule has 0 aliphatic carbocycles. The molecule has 2 aromatic rings. The Kier molecular flexibility index (Phi) is 3.60. The fraction of sp³-hybridized carbons (Fsp3) is 0.235. The molecule has 0 unspecified atom stereocenters. The third-order valence-corrected chi connectivity index (χ3v) is 4.36. The zero-order valence-electron chi connectivity index (χ0n) is 12.9. The number of esters is 1. The van der Waals surface area contributed by atoms with Gasteiger partial charge in [-0.05, 0) is 38.5 Å². The van der Waals surface area contributed by atoms with Crippen LogP contribution in [0, 0.1) is 0 Å². The first-order chi connectivity index (χ1) is 10.8. The number of carbonyl (C=O) groups is 2. The number of benzene rings is 1. The van der Waals surface area contributed by atoms with E-state index >= 15 is 0 Å². The standard InChI is InChI=1S/C17H15ClN2O3/c1-9-13(16(22)23-17(9,2)3)15(21)20-12-6-4-5-11-10(12)7-8-19-14(11)18/h4-8H,1-3H3,(H,20,21). The number of pyridine rings is 1. The molecule has 5 nitrogen and oxygen atoms in total. The van der Waals surface area contributed by atoms with Gasteiger partial charge in [0.15, 0.2) is 0 Å². The summed E-state index contributed by atoms with van der Waals surface area (Å²) in [5.74, 6) is -1.09. The summed E-state index contributed by atoms with van der Waals surface area (Å²) in [6.07, 6.45) is 1.57. The first-order valence-electron chi connectivity index (χ1n) is 7.10. The molecule has 1 aromatic heterocycles. The van der Waals surface area contributed by atoms with Crippen LogP contribution in [0.5, 0.6) is 0 Å². The third-order valence-electron chi connectivity index (χ3n) is 4.06. The summed E-state index contributed by atoms with van der Waals surface area (Å²) < 4.78 is 5.23. The van der Waals surface area contributed by atoms with Crippen molar-refractivity contribution in [2.75, 3.05) is 5.32 Å². The largest absolute Gasteiger partial charge is 0.451 e. The molecule has 118 valence electrons. The molecular formula is C17H15ClN2O3. The van der Waals surface area contributed by atoms with Crippen LogP contribution in [0.1, 0.15) is 20.8 Å². The summed E-state index contributed by atoms with van der Waals surface area (Å²) in [5, 5.41) is 4.61. The number of fused-ring (bicyclic) bond motifs is 1. The lowest BCUT2D eigenvalue weighted by Crippen LogP contribution is -2.21. The van der Waals surface area contributed by atoms with Crippen LogP contribution in [0.3, 0.4) is 0 Å². The Balaban J connectivity index is 2.01. The summed E-state index contributed by atoms with van der Waals surface area (Å²) in [6, 6.07) is 7.09. The van der Waals surface area contributed by atoms with E-state index in [0.717, 1.165) is 10.8 Å². The molecule has 0 atom stereocenters. The summed E-state index contributed by atoms with van der Waals surface area (Å²) in [4.78, 5) is 28.5. The van der Waals surface area contributed by atoms with E-state index in [1.54, 1.807) is 45.2 Å². The van der Waals surface area contributed by atoms with Gasteiger partial charge in [-0.15, -0.1) is 0 Å². The summed E-state index contributed by atoms with van der Waals surface area (Å²) >= 11 is 6.07. The van der Waals surface area contributed by atoms with Gasteiger partial charge in [-0.25, -0.2) is 9.78 Å². The van der Waals surface area contributed by atoms with Crippen molar-refractivity contribution in [3.05, 3.63) is 46.8 Å². The second kappa shape index (κ2) is 5.35. The van der Waals surface area contributed by atoms with E-state index in [1.807, 2.05) is 6.07 Å². The maximum absolute atomic E-state index is 12.5. The number of aromatic nitrogens is 1. The fourth-order valence-electron chi connectivity index (χ4n) is 2.54. The Morgan fingerprint density at radius 2 is 2.00 bits per heavy atom. The van der Waals surface area contributed by atoms with E-state index in [9.17, 15) is 9.59 Å². The maximum Gasteiger partial charge on any atom is 0.344 e. The number of hydrogen-bond acceptors (Lipinski definition) is 4. The first kappa shape index (κ1) is 15.5. The van der Waals surface area contributed by atoms with Crippen molar-refractivity contribution in [1.82, 2.24) is 4.98 Å². The molecule has 1 aromatic carbocycles. The minimum atomic E-state index is -0.768. The van der Waals surface area contributed by atoms with E-state index in [4.69, 9.17) is 16.3 Å². The number of rotatable bonds is 2. The molecule has 0 saturated carbocycles. The van der Waals surface area contributed by atoms with Crippen molar-refractivity contribution < 1.29 is 14.3 Å². The van der Waals surface area contributed by atoms with Crippen LogP contribution < -0.4 is 5.32 Å². The van der Waals surface area contributed by atoms with Gasteiger partial charge < -0.3 is 10.1 Å². The molecule has 1 aliphatic rings. The number of carbonyl (C=O) groups excluding carboxylic acids is 2. The number of amides is 1. The second-order valence-electron chi connectivity index (χ2n) is 5.86. The molecule has 1 aliphatic heterocycles. The SMILES string of the molecule is CC1=C(C(=O)Nc2cccc3c(Cl)nccc23)C(=O)OC1(C)C. The molecule has 3 rings (SSSR count).